The largest absolute Gasteiger partial charge is 0.507 e. The van der Waals surface area contributed by atoms with Crippen LogP contribution in [0.1, 0.15) is 53.7 Å². The third-order valence-corrected chi connectivity index (χ3v) is 6.00. The van der Waals surface area contributed by atoms with E-state index in [-0.39, 0.29) is 11.5 Å². The summed E-state index contributed by atoms with van der Waals surface area (Å²) in [5.74, 6) is 0.852. The Labute approximate surface area is 196 Å². The number of Topliss-reactive ketones (excluding diaryl/α,β-unsaturated/α-hetero) is 1. The van der Waals surface area contributed by atoms with Crippen LogP contribution in [0.15, 0.2) is 66.4 Å². The van der Waals surface area contributed by atoms with Crippen LogP contribution in [0.2, 0.25) is 0 Å². The van der Waals surface area contributed by atoms with E-state index in [1.807, 2.05) is 49.4 Å². The van der Waals surface area contributed by atoms with Crippen molar-refractivity contribution in [1.82, 2.24) is 4.90 Å². The number of carbonyl (C=O) groups is 1. The molecule has 4 rings (SSSR count). The van der Waals surface area contributed by atoms with E-state index >= 15 is 0 Å². The molecule has 1 aliphatic heterocycles. The molecule has 0 saturated carbocycles. The lowest BCUT2D eigenvalue weighted by Gasteiger charge is -2.22. The monoisotopic (exact) mass is 441 g/mol. The van der Waals surface area contributed by atoms with E-state index in [9.17, 15) is 9.90 Å². The maximum atomic E-state index is 13.2. The number of phenols is 1. The second-order valence-electron chi connectivity index (χ2n) is 8.60. The van der Waals surface area contributed by atoms with Gasteiger partial charge in [0.25, 0.3) is 0 Å². The zero-order valence-electron chi connectivity index (χ0n) is 19.6. The third kappa shape index (κ3) is 4.86. The molecule has 1 heterocycles. The average Bonchev–Trinajstić information content (AvgIpc) is 3.14. The molecule has 0 fully saturated rings. The van der Waals surface area contributed by atoms with Gasteiger partial charge >= 0.3 is 0 Å². The predicted octanol–water partition coefficient (Wildman–Crippen LogP) is 6.61. The van der Waals surface area contributed by atoms with Crippen LogP contribution in [0.5, 0.6) is 11.5 Å². The van der Waals surface area contributed by atoms with Crippen LogP contribution < -0.4 is 4.74 Å². The Balaban J connectivity index is 1.63. The molecule has 0 amide bonds. The van der Waals surface area contributed by atoms with Crippen LogP contribution in [0.25, 0.3) is 17.2 Å². The molecule has 0 atom stereocenters. The maximum Gasteiger partial charge on any atom is 0.232 e. The lowest BCUT2D eigenvalue weighted by molar-refractivity contribution is 0.101. The van der Waals surface area contributed by atoms with Crippen molar-refractivity contribution >= 4 is 11.9 Å². The molecule has 3 aromatic carbocycles. The van der Waals surface area contributed by atoms with E-state index in [1.54, 1.807) is 12.1 Å². The number of hydrogen-bond acceptors (Lipinski definition) is 4. The van der Waals surface area contributed by atoms with Gasteiger partial charge < -0.3 is 9.84 Å². The Hall–Kier alpha value is -3.37. The smallest absolute Gasteiger partial charge is 0.232 e. The molecular weight excluding hydrogens is 410 g/mol. The summed E-state index contributed by atoms with van der Waals surface area (Å²) >= 11 is 0. The average molecular weight is 442 g/mol. The number of ketones is 1. The highest BCUT2D eigenvalue weighted by Crippen LogP contribution is 2.42. The van der Waals surface area contributed by atoms with E-state index in [1.165, 1.54) is 0 Å². The van der Waals surface area contributed by atoms with Gasteiger partial charge in [-0.15, -0.1) is 0 Å². The fraction of sp³-hybridized carbons (Fsp3) is 0.276. The van der Waals surface area contributed by atoms with Crippen molar-refractivity contribution in [3.8, 4) is 22.6 Å². The molecule has 4 nitrogen and oxygen atoms in total. The first-order valence-electron chi connectivity index (χ1n) is 11.7. The zero-order chi connectivity index (χ0) is 23.4. The Morgan fingerprint density at radius 1 is 0.939 bits per heavy atom. The summed E-state index contributed by atoms with van der Waals surface area (Å²) in [6.07, 6.45) is 3.84. The van der Waals surface area contributed by atoms with Crippen LogP contribution in [0.4, 0.5) is 0 Å². The molecule has 0 spiro atoms. The third-order valence-electron chi connectivity index (χ3n) is 6.00. The van der Waals surface area contributed by atoms with Crippen LogP contribution in [-0.2, 0) is 6.54 Å². The predicted molar refractivity (Wildman–Crippen MR) is 134 cm³/mol. The molecule has 33 heavy (non-hydrogen) atoms. The lowest BCUT2D eigenvalue weighted by Crippen LogP contribution is -2.25. The quantitative estimate of drug-likeness (QED) is 0.400. The molecular formula is C29H31NO3. The molecule has 1 aliphatic rings. The van der Waals surface area contributed by atoms with E-state index in [0.717, 1.165) is 48.2 Å². The van der Waals surface area contributed by atoms with E-state index in [4.69, 9.17) is 4.74 Å². The summed E-state index contributed by atoms with van der Waals surface area (Å²) in [5, 5.41) is 10.7. The first-order valence-corrected chi connectivity index (χ1v) is 11.7. The molecule has 170 valence electrons. The summed E-state index contributed by atoms with van der Waals surface area (Å²) in [4.78, 5) is 15.5. The van der Waals surface area contributed by atoms with Gasteiger partial charge in [0.2, 0.25) is 5.78 Å². The normalized spacial score (nSPS) is 14.1. The minimum absolute atomic E-state index is 0.131. The van der Waals surface area contributed by atoms with Crippen molar-refractivity contribution in [3.63, 3.8) is 0 Å². The molecule has 0 aromatic heterocycles. The second kappa shape index (κ2) is 10.1. The first-order chi connectivity index (χ1) is 16.0. The maximum absolute atomic E-state index is 13.2. The fourth-order valence-electron chi connectivity index (χ4n) is 4.41. The van der Waals surface area contributed by atoms with Crippen LogP contribution in [0.3, 0.4) is 0 Å². The first kappa shape index (κ1) is 22.8. The van der Waals surface area contributed by atoms with Gasteiger partial charge in [-0.3, -0.25) is 9.69 Å². The van der Waals surface area contributed by atoms with Crippen molar-refractivity contribution < 1.29 is 14.6 Å². The number of allylic oxidation sites excluding steroid dienone is 1. The second-order valence-corrected chi connectivity index (χ2v) is 8.60. The van der Waals surface area contributed by atoms with Gasteiger partial charge in [0.15, 0.2) is 5.76 Å². The number of aryl methyl sites for hydroxylation is 1. The number of ether oxygens (including phenoxy) is 1. The number of hydrogen-bond donors (Lipinski definition) is 1. The zero-order valence-corrected chi connectivity index (χ0v) is 19.6. The van der Waals surface area contributed by atoms with Crippen LogP contribution >= 0.6 is 0 Å². The minimum atomic E-state index is -0.131. The highest BCUT2D eigenvalue weighted by Gasteiger charge is 2.33. The van der Waals surface area contributed by atoms with Crippen molar-refractivity contribution in [2.45, 2.75) is 40.2 Å². The number of nitrogens with zero attached hydrogens (tertiary/aromatic N) is 1. The van der Waals surface area contributed by atoms with Crippen molar-refractivity contribution in [2.75, 3.05) is 13.1 Å². The molecule has 0 radical (unpaired) electrons. The van der Waals surface area contributed by atoms with Crippen molar-refractivity contribution in [1.29, 1.82) is 0 Å². The van der Waals surface area contributed by atoms with Gasteiger partial charge in [0.1, 0.15) is 11.5 Å². The SMILES string of the molecule is CCCN(CCC)Cc1c(O)cc(C)c2c1O/C(=C/c1ccc(-c3ccccc3)cc1)C2=O. The van der Waals surface area contributed by atoms with E-state index < -0.39 is 0 Å². The standard InChI is InChI=1S/C29H31NO3/c1-4-15-30(16-5-2)19-24-25(31)17-20(3)27-28(32)26(33-29(24)27)18-21-11-13-23(14-12-21)22-9-7-6-8-10-22/h6-14,17-18,31H,4-5,15-16,19H2,1-3H3/b26-18+. The summed E-state index contributed by atoms with van der Waals surface area (Å²) in [7, 11) is 0. The fourth-order valence-corrected chi connectivity index (χ4v) is 4.41. The topological polar surface area (TPSA) is 49.8 Å². The van der Waals surface area contributed by atoms with Crippen molar-refractivity contribution in [3.05, 3.63) is 88.7 Å². The number of aromatic hydroxyl groups is 1. The minimum Gasteiger partial charge on any atom is -0.507 e. The van der Waals surface area contributed by atoms with Gasteiger partial charge in [-0.2, -0.15) is 0 Å². The van der Waals surface area contributed by atoms with Gasteiger partial charge in [-0.1, -0.05) is 68.4 Å². The number of rotatable bonds is 8. The molecule has 3 aromatic rings. The molecule has 0 aliphatic carbocycles. The molecule has 1 N–H and O–H groups in total. The summed E-state index contributed by atoms with van der Waals surface area (Å²) < 4.78 is 6.11. The van der Waals surface area contributed by atoms with E-state index in [2.05, 4.69) is 30.9 Å². The van der Waals surface area contributed by atoms with Gasteiger partial charge in [-0.25, -0.2) is 0 Å². The number of carbonyl (C=O) groups excluding carboxylic acids is 1. The highest BCUT2D eigenvalue weighted by molar-refractivity contribution is 6.15. The Morgan fingerprint density at radius 2 is 1.58 bits per heavy atom. The Morgan fingerprint density at radius 3 is 2.21 bits per heavy atom. The summed E-state index contributed by atoms with van der Waals surface area (Å²) in [6, 6.07) is 19.9. The van der Waals surface area contributed by atoms with Crippen molar-refractivity contribution in [2.24, 2.45) is 0 Å². The summed E-state index contributed by atoms with van der Waals surface area (Å²) in [6.45, 7) is 8.55. The van der Waals surface area contributed by atoms with Gasteiger partial charge in [0, 0.05) is 6.54 Å². The molecule has 0 unspecified atom stereocenters. The number of fused-ring (bicyclic) bond motifs is 1. The molecule has 4 heteroatoms. The Kier molecular flexibility index (Phi) is 6.95. The van der Waals surface area contributed by atoms with Gasteiger partial charge in [-0.05, 0) is 67.3 Å². The van der Waals surface area contributed by atoms with Crippen LogP contribution in [-0.4, -0.2) is 28.9 Å². The molecule has 0 bridgehead atoms. The number of benzene rings is 3. The lowest BCUT2D eigenvalue weighted by atomic mass is 9.98. The summed E-state index contributed by atoms with van der Waals surface area (Å²) in [5.41, 5.74) is 5.15. The number of phenolic OH excluding ortho intramolecular Hbond substituents is 1. The highest BCUT2D eigenvalue weighted by atomic mass is 16.5. The van der Waals surface area contributed by atoms with Crippen LogP contribution in [0, 0.1) is 6.92 Å². The molecule has 0 saturated heterocycles. The Bertz CT molecular complexity index is 1160. The van der Waals surface area contributed by atoms with Gasteiger partial charge in [0.05, 0.1) is 11.1 Å². The van der Waals surface area contributed by atoms with E-state index in [0.29, 0.717) is 29.2 Å².